The van der Waals surface area contributed by atoms with E-state index >= 15 is 0 Å². The van der Waals surface area contributed by atoms with Gasteiger partial charge in [0.05, 0.1) is 0 Å². The molecule has 21 heavy (non-hydrogen) atoms. The van der Waals surface area contributed by atoms with Crippen molar-refractivity contribution in [3.63, 3.8) is 0 Å². The van der Waals surface area contributed by atoms with Crippen molar-refractivity contribution < 1.29 is 9.53 Å². The zero-order valence-electron chi connectivity index (χ0n) is 11.7. The van der Waals surface area contributed by atoms with Gasteiger partial charge in [-0.1, -0.05) is 40.2 Å². The van der Waals surface area contributed by atoms with Crippen molar-refractivity contribution in [2.45, 2.75) is 19.3 Å². The van der Waals surface area contributed by atoms with Gasteiger partial charge in [0.15, 0.2) is 0 Å². The molecule has 0 saturated heterocycles. The zero-order chi connectivity index (χ0) is 14.9. The topological polar surface area (TPSA) is 38.3 Å². The summed E-state index contributed by atoms with van der Waals surface area (Å²) in [5.41, 5.74) is 0.757. The van der Waals surface area contributed by atoms with E-state index in [0.29, 0.717) is 12.2 Å². The fourth-order valence-electron chi connectivity index (χ4n) is 1.87. The number of hydrogen-bond acceptors (Lipinski definition) is 2. The van der Waals surface area contributed by atoms with E-state index in [2.05, 4.69) is 21.2 Å². The van der Waals surface area contributed by atoms with Crippen LogP contribution in [0.2, 0.25) is 0 Å². The van der Waals surface area contributed by atoms with E-state index in [1.807, 2.05) is 54.6 Å². The second kappa shape index (κ2) is 8.47. The Labute approximate surface area is 133 Å². The molecule has 2 rings (SSSR count). The number of para-hydroxylation sites is 1. The Morgan fingerprint density at radius 3 is 2.52 bits per heavy atom. The molecule has 0 aliphatic heterocycles. The number of alkyl halides is 1. The number of unbranched alkanes of at least 4 members (excludes halogenated alkanes) is 1. The zero-order valence-corrected chi connectivity index (χ0v) is 13.3. The summed E-state index contributed by atoms with van der Waals surface area (Å²) >= 11 is 3.36. The molecule has 0 aliphatic carbocycles. The van der Waals surface area contributed by atoms with E-state index in [-0.39, 0.29) is 5.91 Å². The van der Waals surface area contributed by atoms with Crippen molar-refractivity contribution >= 4 is 27.5 Å². The highest BCUT2D eigenvalue weighted by molar-refractivity contribution is 9.09. The summed E-state index contributed by atoms with van der Waals surface area (Å²) in [7, 11) is 0. The van der Waals surface area contributed by atoms with Crippen LogP contribution in [-0.4, -0.2) is 11.2 Å². The standard InChI is InChI=1S/C17H18BrNO2/c18-12-5-4-11-17(20)19-14-7-6-10-16(13-14)21-15-8-2-1-3-9-15/h1-3,6-10,13H,4-5,11-12H2,(H,19,20). The molecule has 0 spiro atoms. The predicted molar refractivity (Wildman–Crippen MR) is 89.2 cm³/mol. The van der Waals surface area contributed by atoms with Gasteiger partial charge in [0, 0.05) is 23.5 Å². The number of benzene rings is 2. The Bertz CT molecular complexity index is 572. The number of ether oxygens (including phenoxy) is 1. The van der Waals surface area contributed by atoms with Gasteiger partial charge in [-0.25, -0.2) is 0 Å². The minimum absolute atomic E-state index is 0.0350. The summed E-state index contributed by atoms with van der Waals surface area (Å²) in [6.07, 6.45) is 2.43. The Morgan fingerprint density at radius 1 is 1.00 bits per heavy atom. The van der Waals surface area contributed by atoms with Crippen LogP contribution in [-0.2, 0) is 4.79 Å². The van der Waals surface area contributed by atoms with Crippen molar-refractivity contribution in [3.8, 4) is 11.5 Å². The van der Waals surface area contributed by atoms with Crippen molar-refractivity contribution in [1.29, 1.82) is 0 Å². The monoisotopic (exact) mass is 347 g/mol. The molecule has 0 saturated carbocycles. The van der Waals surface area contributed by atoms with E-state index < -0.39 is 0 Å². The number of nitrogens with one attached hydrogen (secondary N) is 1. The Kier molecular flexibility index (Phi) is 6.28. The number of halogens is 1. The van der Waals surface area contributed by atoms with E-state index in [1.165, 1.54) is 0 Å². The molecular weight excluding hydrogens is 330 g/mol. The Hall–Kier alpha value is -1.81. The Balaban J connectivity index is 1.93. The van der Waals surface area contributed by atoms with Gasteiger partial charge in [0.2, 0.25) is 5.91 Å². The molecule has 0 unspecified atom stereocenters. The van der Waals surface area contributed by atoms with Crippen LogP contribution in [0.15, 0.2) is 54.6 Å². The van der Waals surface area contributed by atoms with Crippen molar-refractivity contribution in [3.05, 3.63) is 54.6 Å². The molecule has 110 valence electrons. The first kappa shape index (κ1) is 15.6. The maximum atomic E-state index is 11.8. The summed E-state index contributed by atoms with van der Waals surface area (Å²) in [5.74, 6) is 1.52. The number of carbonyl (C=O) groups excluding carboxylic acids is 1. The summed E-state index contributed by atoms with van der Waals surface area (Å²) < 4.78 is 5.74. The summed E-state index contributed by atoms with van der Waals surface area (Å²) in [4.78, 5) is 11.8. The van der Waals surface area contributed by atoms with Gasteiger partial charge in [-0.3, -0.25) is 4.79 Å². The predicted octanol–water partition coefficient (Wildman–Crippen LogP) is 4.98. The quantitative estimate of drug-likeness (QED) is 0.566. The van der Waals surface area contributed by atoms with E-state index in [0.717, 1.165) is 29.6 Å². The summed E-state index contributed by atoms with van der Waals surface area (Å²) in [6, 6.07) is 17.0. The van der Waals surface area contributed by atoms with Crippen LogP contribution < -0.4 is 10.1 Å². The van der Waals surface area contributed by atoms with Crippen LogP contribution in [0.25, 0.3) is 0 Å². The van der Waals surface area contributed by atoms with Gasteiger partial charge >= 0.3 is 0 Å². The molecule has 0 radical (unpaired) electrons. The van der Waals surface area contributed by atoms with Crippen LogP contribution >= 0.6 is 15.9 Å². The van der Waals surface area contributed by atoms with E-state index in [1.54, 1.807) is 0 Å². The van der Waals surface area contributed by atoms with Gasteiger partial charge in [0.25, 0.3) is 0 Å². The average Bonchev–Trinajstić information content (AvgIpc) is 2.49. The fraction of sp³-hybridized carbons (Fsp3) is 0.235. The first-order valence-corrected chi connectivity index (χ1v) is 8.09. The van der Waals surface area contributed by atoms with Crippen molar-refractivity contribution in [2.75, 3.05) is 10.6 Å². The number of anilines is 1. The van der Waals surface area contributed by atoms with Gasteiger partial charge in [-0.15, -0.1) is 0 Å². The molecule has 1 amide bonds. The SMILES string of the molecule is O=C(CCCCBr)Nc1cccc(Oc2ccccc2)c1. The van der Waals surface area contributed by atoms with Crippen LogP contribution in [0.5, 0.6) is 11.5 Å². The third-order valence-electron chi connectivity index (χ3n) is 2.88. The molecule has 1 N–H and O–H groups in total. The number of carbonyl (C=O) groups is 1. The summed E-state index contributed by atoms with van der Waals surface area (Å²) in [5, 5.41) is 3.82. The summed E-state index contributed by atoms with van der Waals surface area (Å²) in [6.45, 7) is 0. The molecule has 3 nitrogen and oxygen atoms in total. The normalized spacial score (nSPS) is 10.1. The number of amides is 1. The van der Waals surface area contributed by atoms with Gasteiger partial charge in [0.1, 0.15) is 11.5 Å². The van der Waals surface area contributed by atoms with Crippen LogP contribution in [0.3, 0.4) is 0 Å². The van der Waals surface area contributed by atoms with Crippen molar-refractivity contribution in [1.82, 2.24) is 0 Å². The van der Waals surface area contributed by atoms with Gasteiger partial charge in [-0.05, 0) is 37.1 Å². The van der Waals surface area contributed by atoms with Crippen molar-refractivity contribution in [2.24, 2.45) is 0 Å². The Morgan fingerprint density at radius 2 is 1.76 bits per heavy atom. The van der Waals surface area contributed by atoms with Gasteiger partial charge < -0.3 is 10.1 Å². The molecule has 0 bridgehead atoms. The van der Waals surface area contributed by atoms with E-state index in [4.69, 9.17) is 4.74 Å². The molecule has 0 aromatic heterocycles. The second-order valence-electron chi connectivity index (χ2n) is 4.64. The van der Waals surface area contributed by atoms with Crippen LogP contribution in [0.1, 0.15) is 19.3 Å². The molecule has 0 fully saturated rings. The first-order chi connectivity index (χ1) is 10.3. The molecule has 2 aromatic carbocycles. The third kappa shape index (κ3) is 5.60. The maximum absolute atomic E-state index is 11.8. The lowest BCUT2D eigenvalue weighted by molar-refractivity contribution is -0.116. The lowest BCUT2D eigenvalue weighted by atomic mass is 10.2. The third-order valence-corrected chi connectivity index (χ3v) is 3.44. The first-order valence-electron chi connectivity index (χ1n) is 6.97. The maximum Gasteiger partial charge on any atom is 0.224 e. The van der Waals surface area contributed by atoms with Gasteiger partial charge in [-0.2, -0.15) is 0 Å². The smallest absolute Gasteiger partial charge is 0.224 e. The minimum Gasteiger partial charge on any atom is -0.457 e. The molecule has 0 atom stereocenters. The average molecular weight is 348 g/mol. The number of rotatable bonds is 7. The van der Waals surface area contributed by atoms with E-state index in [9.17, 15) is 4.79 Å². The highest BCUT2D eigenvalue weighted by atomic mass is 79.9. The molecular formula is C17H18BrNO2. The minimum atomic E-state index is 0.0350. The highest BCUT2D eigenvalue weighted by Gasteiger charge is 2.03. The molecule has 2 aromatic rings. The largest absolute Gasteiger partial charge is 0.457 e. The fourth-order valence-corrected chi connectivity index (χ4v) is 2.26. The molecule has 4 heteroatoms. The lowest BCUT2D eigenvalue weighted by Gasteiger charge is -2.09. The molecule has 0 aliphatic rings. The highest BCUT2D eigenvalue weighted by Crippen LogP contribution is 2.23. The number of hydrogen-bond donors (Lipinski definition) is 1. The van der Waals surface area contributed by atoms with Crippen LogP contribution in [0, 0.1) is 0 Å². The molecule has 0 heterocycles. The van der Waals surface area contributed by atoms with Crippen LogP contribution in [0.4, 0.5) is 5.69 Å². The second-order valence-corrected chi connectivity index (χ2v) is 5.43. The lowest BCUT2D eigenvalue weighted by Crippen LogP contribution is -2.11.